The molecular weight excluding hydrogens is 515 g/mol. The third kappa shape index (κ3) is 7.61. The summed E-state index contributed by atoms with van der Waals surface area (Å²) < 4.78 is 21.0. The van der Waals surface area contributed by atoms with Crippen LogP contribution in [0.2, 0.25) is 0 Å². The van der Waals surface area contributed by atoms with Crippen molar-refractivity contribution in [2.75, 3.05) is 24.2 Å². The monoisotopic (exact) mass is 540 g/mol. The maximum absolute atomic E-state index is 13.3. The van der Waals surface area contributed by atoms with Crippen molar-refractivity contribution in [1.29, 1.82) is 0 Å². The lowest BCUT2D eigenvalue weighted by molar-refractivity contribution is -0.118. The summed E-state index contributed by atoms with van der Waals surface area (Å²) in [6, 6.07) is 15.7. The van der Waals surface area contributed by atoms with Crippen LogP contribution in [-0.4, -0.2) is 50.7 Å². The molecule has 2 amide bonds. The molecule has 4 rings (SSSR count). The maximum atomic E-state index is 13.3. The van der Waals surface area contributed by atoms with Gasteiger partial charge in [0.1, 0.15) is 5.82 Å². The fraction of sp³-hybridized carbons (Fsp3) is 0.240. The van der Waals surface area contributed by atoms with Crippen molar-refractivity contribution < 1.29 is 18.7 Å². The van der Waals surface area contributed by atoms with Gasteiger partial charge in [0, 0.05) is 6.54 Å². The number of aromatic nitrogens is 4. The first-order valence-corrected chi connectivity index (χ1v) is 13.4. The quantitative estimate of drug-likeness (QED) is 0.203. The Labute approximate surface area is 221 Å². The Balaban J connectivity index is 1.32. The molecular formula is C25H25FN6O3S2. The van der Waals surface area contributed by atoms with Gasteiger partial charge in [-0.05, 0) is 42.7 Å². The number of thioether (sulfide) groups is 1. The van der Waals surface area contributed by atoms with Gasteiger partial charge in [0.2, 0.25) is 11.0 Å². The van der Waals surface area contributed by atoms with Gasteiger partial charge >= 0.3 is 0 Å². The van der Waals surface area contributed by atoms with Crippen LogP contribution in [0.25, 0.3) is 5.69 Å². The van der Waals surface area contributed by atoms with E-state index in [9.17, 15) is 14.0 Å². The zero-order chi connectivity index (χ0) is 26.0. The molecule has 9 nitrogen and oxygen atoms in total. The van der Waals surface area contributed by atoms with E-state index in [-0.39, 0.29) is 28.3 Å². The Bertz CT molecular complexity index is 1330. The molecule has 0 aliphatic heterocycles. The Hall–Kier alpha value is -3.77. The van der Waals surface area contributed by atoms with E-state index in [1.165, 1.54) is 28.6 Å². The van der Waals surface area contributed by atoms with Crippen LogP contribution in [-0.2, 0) is 11.2 Å². The number of ether oxygens (including phenoxy) is 1. The van der Waals surface area contributed by atoms with E-state index in [0.717, 1.165) is 29.7 Å². The van der Waals surface area contributed by atoms with Gasteiger partial charge < -0.3 is 10.1 Å². The van der Waals surface area contributed by atoms with Crippen molar-refractivity contribution in [1.82, 2.24) is 25.3 Å². The first kappa shape index (κ1) is 26.3. The smallest absolute Gasteiger partial charge is 0.281 e. The molecule has 2 aromatic carbocycles. The molecule has 0 saturated carbocycles. The average molecular weight is 541 g/mol. The molecule has 37 heavy (non-hydrogen) atoms. The van der Waals surface area contributed by atoms with E-state index in [4.69, 9.17) is 4.74 Å². The van der Waals surface area contributed by atoms with Crippen LogP contribution in [0, 0.1) is 5.82 Å². The summed E-state index contributed by atoms with van der Waals surface area (Å²) in [5, 5.41) is 18.2. The summed E-state index contributed by atoms with van der Waals surface area (Å²) in [7, 11) is 0. The predicted octanol–water partition coefficient (Wildman–Crippen LogP) is 4.36. The van der Waals surface area contributed by atoms with Crippen molar-refractivity contribution >= 4 is 40.0 Å². The number of carbonyl (C=O) groups is 2. The number of anilines is 1. The van der Waals surface area contributed by atoms with E-state index in [2.05, 4.69) is 25.9 Å². The summed E-state index contributed by atoms with van der Waals surface area (Å²) in [5.74, 6) is -0.501. The van der Waals surface area contributed by atoms with Gasteiger partial charge in [-0.25, -0.2) is 9.07 Å². The molecule has 0 aliphatic rings. The minimum absolute atomic E-state index is 0.0694. The highest BCUT2D eigenvalue weighted by Gasteiger charge is 2.21. The number of rotatable bonds is 12. The van der Waals surface area contributed by atoms with Crippen LogP contribution in [0.1, 0.15) is 29.4 Å². The molecule has 0 aliphatic carbocycles. The largest absolute Gasteiger partial charge is 0.489 e. The second kappa shape index (κ2) is 13.0. The van der Waals surface area contributed by atoms with Gasteiger partial charge in [-0.15, -0.1) is 10.2 Å². The highest BCUT2D eigenvalue weighted by molar-refractivity contribution is 8.01. The van der Waals surface area contributed by atoms with E-state index < -0.39 is 5.91 Å². The van der Waals surface area contributed by atoms with Gasteiger partial charge in [0.25, 0.3) is 5.91 Å². The van der Waals surface area contributed by atoms with Gasteiger partial charge in [0.05, 0.1) is 24.2 Å². The number of hydrogen-bond acceptors (Lipinski definition) is 8. The van der Waals surface area contributed by atoms with Crippen LogP contribution in [0.15, 0.2) is 65.1 Å². The maximum Gasteiger partial charge on any atom is 0.281 e. The first-order valence-electron chi connectivity index (χ1n) is 11.6. The fourth-order valence-corrected chi connectivity index (χ4v) is 4.78. The summed E-state index contributed by atoms with van der Waals surface area (Å²) in [5.41, 5.74) is 1.81. The van der Waals surface area contributed by atoms with Crippen molar-refractivity contribution in [3.63, 3.8) is 0 Å². The standard InChI is InChI=1S/C25H25FN6O3S2/c1-2-14-35-20-15-32(19-10-8-18(26)9-11-19)31-22(20)23(34)28-24-29-30-25(37-24)36-16-21(33)27-13-12-17-6-4-3-5-7-17/h3-11,15H,2,12-14,16H2,1H3,(H,27,33)(H,28,29,34). The van der Waals surface area contributed by atoms with E-state index in [1.807, 2.05) is 37.3 Å². The van der Waals surface area contributed by atoms with Gasteiger partial charge in [-0.2, -0.15) is 5.10 Å². The van der Waals surface area contributed by atoms with Gasteiger partial charge in [-0.3, -0.25) is 14.9 Å². The number of nitrogens with one attached hydrogen (secondary N) is 2. The minimum atomic E-state index is -0.515. The third-order valence-electron chi connectivity index (χ3n) is 4.98. The molecule has 2 aromatic heterocycles. The second-order valence-electron chi connectivity index (χ2n) is 7.81. The summed E-state index contributed by atoms with van der Waals surface area (Å²) in [4.78, 5) is 25.1. The number of amides is 2. The van der Waals surface area contributed by atoms with Crippen LogP contribution < -0.4 is 15.4 Å². The molecule has 0 unspecified atom stereocenters. The lowest BCUT2D eigenvalue weighted by Crippen LogP contribution is -2.27. The molecule has 2 N–H and O–H groups in total. The molecule has 0 radical (unpaired) electrons. The highest BCUT2D eigenvalue weighted by atomic mass is 32.2. The molecule has 0 spiro atoms. The number of carbonyl (C=O) groups excluding carboxylic acids is 2. The van der Waals surface area contributed by atoms with E-state index >= 15 is 0 Å². The van der Waals surface area contributed by atoms with Crippen molar-refractivity contribution in [3.8, 4) is 11.4 Å². The molecule has 0 bridgehead atoms. The normalized spacial score (nSPS) is 10.8. The third-order valence-corrected chi connectivity index (χ3v) is 6.95. The average Bonchev–Trinajstić information content (AvgIpc) is 3.54. The van der Waals surface area contributed by atoms with E-state index in [0.29, 0.717) is 28.9 Å². The van der Waals surface area contributed by atoms with Crippen molar-refractivity contribution in [3.05, 3.63) is 77.9 Å². The summed E-state index contributed by atoms with van der Waals surface area (Å²) >= 11 is 2.40. The summed E-state index contributed by atoms with van der Waals surface area (Å²) in [6.07, 6.45) is 3.09. The van der Waals surface area contributed by atoms with Gasteiger partial charge in [-0.1, -0.05) is 60.4 Å². The SMILES string of the molecule is CCCOc1cn(-c2ccc(F)cc2)nc1C(=O)Nc1nnc(SCC(=O)NCCc2ccccc2)s1. The minimum Gasteiger partial charge on any atom is -0.489 e. The lowest BCUT2D eigenvalue weighted by Gasteiger charge is -2.04. The molecule has 0 fully saturated rings. The van der Waals surface area contributed by atoms with Crippen LogP contribution in [0.5, 0.6) is 5.75 Å². The topological polar surface area (TPSA) is 111 Å². The lowest BCUT2D eigenvalue weighted by atomic mass is 10.1. The summed E-state index contributed by atoms with van der Waals surface area (Å²) in [6.45, 7) is 2.91. The molecule has 4 aromatic rings. The Morgan fingerprint density at radius 1 is 1.11 bits per heavy atom. The van der Waals surface area contributed by atoms with Crippen LogP contribution in [0.4, 0.5) is 9.52 Å². The Morgan fingerprint density at radius 3 is 2.65 bits per heavy atom. The molecule has 12 heteroatoms. The van der Waals surface area contributed by atoms with Crippen LogP contribution >= 0.6 is 23.1 Å². The number of halogens is 1. The molecule has 2 heterocycles. The fourth-order valence-electron chi connectivity index (χ4n) is 3.20. The number of nitrogens with zero attached hydrogens (tertiary/aromatic N) is 4. The Morgan fingerprint density at radius 2 is 1.89 bits per heavy atom. The second-order valence-corrected chi connectivity index (χ2v) is 10.0. The number of hydrogen-bond donors (Lipinski definition) is 2. The first-order chi connectivity index (χ1) is 18.0. The zero-order valence-corrected chi connectivity index (χ0v) is 21.7. The zero-order valence-electron chi connectivity index (χ0n) is 20.0. The number of benzene rings is 2. The van der Waals surface area contributed by atoms with Gasteiger partial charge in [0.15, 0.2) is 15.8 Å². The molecule has 192 valence electrons. The molecule has 0 saturated heterocycles. The predicted molar refractivity (Wildman–Crippen MR) is 141 cm³/mol. The van der Waals surface area contributed by atoms with Crippen LogP contribution in [0.3, 0.4) is 0 Å². The highest BCUT2D eigenvalue weighted by Crippen LogP contribution is 2.27. The van der Waals surface area contributed by atoms with Crippen molar-refractivity contribution in [2.45, 2.75) is 24.1 Å². The Kier molecular flexibility index (Phi) is 9.22. The van der Waals surface area contributed by atoms with Crippen molar-refractivity contribution in [2.24, 2.45) is 0 Å². The molecule has 0 atom stereocenters. The van der Waals surface area contributed by atoms with E-state index in [1.54, 1.807) is 18.3 Å².